The van der Waals surface area contributed by atoms with E-state index in [0.29, 0.717) is 6.10 Å². The zero-order valence-electron chi connectivity index (χ0n) is 27.4. The molecule has 0 saturated heterocycles. The zero-order valence-corrected chi connectivity index (χ0v) is 27.4. The van der Waals surface area contributed by atoms with Crippen LogP contribution in [-0.4, -0.2) is 22.8 Å². The molecule has 0 aromatic carbocycles. The minimum atomic E-state index is 0. The second kappa shape index (κ2) is 32.1. The molecule has 1 fully saturated rings. The average Bonchev–Trinajstić information content (AvgIpc) is 3.50. The van der Waals surface area contributed by atoms with Crippen molar-refractivity contribution in [1.29, 1.82) is 0 Å². The molecule has 1 aliphatic carbocycles. The molecular weight excluding hydrogens is 500 g/mol. The lowest BCUT2D eigenvalue weighted by Gasteiger charge is -2.13. The summed E-state index contributed by atoms with van der Waals surface area (Å²) in [6.07, 6.45) is 10.9. The van der Waals surface area contributed by atoms with E-state index in [1.54, 1.807) is 0 Å². The third-order valence-electron chi connectivity index (χ3n) is 7.47. The molecular formula is C38H88N2O. The van der Waals surface area contributed by atoms with Crippen LogP contribution in [0.25, 0.3) is 0 Å². The number of hydrogen-bond acceptors (Lipinski definition) is 2. The first kappa shape index (κ1) is 56.0. The molecule has 1 aliphatic heterocycles. The third kappa shape index (κ3) is 30.4. The lowest BCUT2D eigenvalue weighted by molar-refractivity contribution is 0.103. The first-order chi connectivity index (χ1) is 16.7. The van der Waals surface area contributed by atoms with E-state index < -0.39 is 0 Å². The third-order valence-corrected chi connectivity index (χ3v) is 7.47. The van der Waals surface area contributed by atoms with E-state index in [9.17, 15) is 0 Å². The quantitative estimate of drug-likeness (QED) is 0.342. The Balaban J connectivity index is -0.0000000719. The van der Waals surface area contributed by atoms with Gasteiger partial charge in [0.15, 0.2) is 0 Å². The fourth-order valence-corrected chi connectivity index (χ4v) is 3.49. The van der Waals surface area contributed by atoms with Gasteiger partial charge in [-0.3, -0.25) is 0 Å². The second-order valence-electron chi connectivity index (χ2n) is 13.4. The van der Waals surface area contributed by atoms with Crippen LogP contribution >= 0.6 is 0 Å². The fraction of sp³-hybridized carbons (Fsp3) is 0.921. The van der Waals surface area contributed by atoms with E-state index in [2.05, 4.69) is 113 Å². The SMILES string of the molecule is C.C.C.C.C.CC(C)C.CC(C)C(C)C.CC(C)C1Cc2nccn2C1.CCC(C)C.COC1CCC(C(C)C)C1. The maximum Gasteiger partial charge on any atom is 0.108 e. The first-order valence-electron chi connectivity index (χ1n) is 15.2. The Morgan fingerprint density at radius 1 is 0.756 bits per heavy atom. The van der Waals surface area contributed by atoms with Crippen LogP contribution in [-0.2, 0) is 17.7 Å². The van der Waals surface area contributed by atoms with Crippen molar-refractivity contribution in [3.63, 3.8) is 0 Å². The molecule has 256 valence electrons. The standard InChI is InChI=1S/C9H14N2.C9H18O.C6H14.C5H12.C4H10.5CH4/c1-7(2)8-5-9-10-3-4-11(9)6-8;1-7(2)8-4-5-9(6-8)10-3;1-5(2)6(3)4;1-4-5(2)3;1-4(2)3;;;;;/h3-4,7-8H,5-6H2,1-2H3;7-9H,4-6H2,1-3H3;5-6H,1-4H3;5H,4H2,1-3H3;4H,1-3H3;5*1H4. The van der Waals surface area contributed by atoms with Crippen molar-refractivity contribution in [2.45, 2.75) is 179 Å². The highest BCUT2D eigenvalue weighted by molar-refractivity contribution is 5.00. The van der Waals surface area contributed by atoms with Gasteiger partial charge in [0.1, 0.15) is 5.82 Å². The van der Waals surface area contributed by atoms with Gasteiger partial charge in [0.2, 0.25) is 0 Å². The van der Waals surface area contributed by atoms with Crippen molar-refractivity contribution in [3.8, 4) is 0 Å². The number of ether oxygens (including phenoxy) is 1. The largest absolute Gasteiger partial charge is 0.381 e. The summed E-state index contributed by atoms with van der Waals surface area (Å²) in [6, 6.07) is 0. The van der Waals surface area contributed by atoms with Gasteiger partial charge in [0.25, 0.3) is 0 Å². The van der Waals surface area contributed by atoms with Crippen LogP contribution in [0.2, 0.25) is 0 Å². The van der Waals surface area contributed by atoms with Crippen molar-refractivity contribution in [1.82, 2.24) is 9.55 Å². The minimum Gasteiger partial charge on any atom is -0.381 e. The van der Waals surface area contributed by atoms with Gasteiger partial charge < -0.3 is 9.30 Å². The van der Waals surface area contributed by atoms with Crippen LogP contribution < -0.4 is 0 Å². The number of nitrogens with zero attached hydrogens (tertiary/aromatic N) is 2. The Kier molecular flexibility index (Phi) is 43.8. The monoisotopic (exact) mass is 589 g/mol. The summed E-state index contributed by atoms with van der Waals surface area (Å²) in [4.78, 5) is 4.29. The Bertz CT molecular complexity index is 572. The molecule has 41 heavy (non-hydrogen) atoms. The van der Waals surface area contributed by atoms with Gasteiger partial charge in [0.05, 0.1) is 6.10 Å². The maximum absolute atomic E-state index is 5.29. The van der Waals surface area contributed by atoms with Crippen molar-refractivity contribution in [3.05, 3.63) is 18.2 Å². The van der Waals surface area contributed by atoms with Gasteiger partial charge in [0, 0.05) is 32.5 Å². The molecule has 3 unspecified atom stereocenters. The minimum absolute atomic E-state index is 0. The predicted octanol–water partition coefficient (Wildman–Crippen LogP) is 13.4. The average molecular weight is 589 g/mol. The van der Waals surface area contributed by atoms with E-state index in [1.807, 2.05) is 13.3 Å². The number of aromatic nitrogens is 2. The van der Waals surface area contributed by atoms with Crippen molar-refractivity contribution >= 4 is 0 Å². The van der Waals surface area contributed by atoms with E-state index in [0.717, 1.165) is 47.3 Å². The summed E-state index contributed by atoms with van der Waals surface area (Å²) in [5, 5.41) is 0. The van der Waals surface area contributed by atoms with E-state index >= 15 is 0 Å². The Morgan fingerprint density at radius 3 is 1.41 bits per heavy atom. The van der Waals surface area contributed by atoms with Crippen LogP contribution in [0.5, 0.6) is 0 Å². The van der Waals surface area contributed by atoms with Crippen molar-refractivity contribution < 1.29 is 4.74 Å². The van der Waals surface area contributed by atoms with Gasteiger partial charge in [-0.15, -0.1) is 0 Å². The van der Waals surface area contributed by atoms with Crippen LogP contribution in [0.1, 0.15) is 166 Å². The van der Waals surface area contributed by atoms with Crippen LogP contribution in [0.15, 0.2) is 12.4 Å². The van der Waals surface area contributed by atoms with Crippen molar-refractivity contribution in [2.24, 2.45) is 47.3 Å². The summed E-state index contributed by atoms with van der Waals surface area (Å²) in [6.45, 7) is 32.5. The molecule has 0 N–H and O–H groups in total. The molecule has 0 radical (unpaired) electrons. The van der Waals surface area contributed by atoms with Crippen LogP contribution in [0.3, 0.4) is 0 Å². The molecule has 3 atom stereocenters. The smallest absolute Gasteiger partial charge is 0.108 e. The molecule has 0 bridgehead atoms. The maximum atomic E-state index is 5.29. The second-order valence-corrected chi connectivity index (χ2v) is 13.4. The van der Waals surface area contributed by atoms with Crippen molar-refractivity contribution in [2.75, 3.05) is 7.11 Å². The molecule has 3 heteroatoms. The topological polar surface area (TPSA) is 27.1 Å². The number of rotatable bonds is 5. The zero-order chi connectivity index (χ0) is 28.4. The van der Waals surface area contributed by atoms with Crippen LogP contribution in [0, 0.1) is 47.3 Å². The molecule has 1 aromatic heterocycles. The lowest BCUT2D eigenvalue weighted by Crippen LogP contribution is -2.09. The molecule has 0 spiro atoms. The summed E-state index contributed by atoms with van der Waals surface area (Å²) >= 11 is 0. The van der Waals surface area contributed by atoms with E-state index in [1.165, 1.54) is 44.5 Å². The Labute approximate surface area is 265 Å². The van der Waals surface area contributed by atoms with E-state index in [-0.39, 0.29) is 37.1 Å². The molecule has 1 saturated carbocycles. The summed E-state index contributed by atoms with van der Waals surface area (Å²) in [7, 11) is 1.83. The fourth-order valence-electron chi connectivity index (χ4n) is 3.49. The van der Waals surface area contributed by atoms with Crippen LogP contribution in [0.4, 0.5) is 0 Å². The summed E-state index contributed by atoms with van der Waals surface area (Å²) in [5.41, 5.74) is 0. The summed E-state index contributed by atoms with van der Waals surface area (Å²) < 4.78 is 7.56. The summed E-state index contributed by atoms with van der Waals surface area (Å²) in [5.74, 6) is 8.06. The molecule has 2 aliphatic rings. The molecule has 3 rings (SSSR count). The highest BCUT2D eigenvalue weighted by Gasteiger charge is 2.26. The Morgan fingerprint density at radius 2 is 1.17 bits per heavy atom. The molecule has 0 amide bonds. The number of fused-ring (bicyclic) bond motifs is 1. The van der Waals surface area contributed by atoms with Gasteiger partial charge >= 0.3 is 0 Å². The lowest BCUT2D eigenvalue weighted by atomic mass is 9.95. The van der Waals surface area contributed by atoms with Gasteiger partial charge in [-0.05, 0) is 66.6 Å². The van der Waals surface area contributed by atoms with Gasteiger partial charge in [-0.1, -0.05) is 140 Å². The number of methoxy groups -OCH3 is 1. The number of hydrogen-bond donors (Lipinski definition) is 0. The normalized spacial score (nSPS) is 17.9. The molecule has 2 heterocycles. The molecule has 3 nitrogen and oxygen atoms in total. The predicted molar refractivity (Wildman–Crippen MR) is 196 cm³/mol. The highest BCUT2D eigenvalue weighted by Crippen LogP contribution is 2.32. The van der Waals surface area contributed by atoms with Gasteiger partial charge in [-0.25, -0.2) is 4.98 Å². The van der Waals surface area contributed by atoms with E-state index in [4.69, 9.17) is 4.74 Å². The number of imidazole rings is 1. The van der Waals surface area contributed by atoms with Gasteiger partial charge in [-0.2, -0.15) is 0 Å². The first-order valence-corrected chi connectivity index (χ1v) is 15.2. The Hall–Kier alpha value is -0.830. The highest BCUT2D eigenvalue weighted by atomic mass is 16.5. The molecule has 1 aromatic rings.